The van der Waals surface area contributed by atoms with Gasteiger partial charge in [0.1, 0.15) is 23.1 Å². The predicted octanol–water partition coefficient (Wildman–Crippen LogP) is 4.35. The van der Waals surface area contributed by atoms with Crippen LogP contribution in [-0.2, 0) is 0 Å². The number of anilines is 1. The van der Waals surface area contributed by atoms with Crippen molar-refractivity contribution in [2.45, 2.75) is 18.7 Å². The summed E-state index contributed by atoms with van der Waals surface area (Å²) in [4.78, 5) is 0.939. The third-order valence-corrected chi connectivity index (χ3v) is 3.77. The van der Waals surface area contributed by atoms with E-state index in [1.807, 2.05) is 31.2 Å². The maximum atomic E-state index is 9.36. The van der Waals surface area contributed by atoms with E-state index in [-0.39, 0.29) is 0 Å². The van der Waals surface area contributed by atoms with Crippen molar-refractivity contribution >= 4 is 17.4 Å². The van der Waals surface area contributed by atoms with Gasteiger partial charge in [-0.2, -0.15) is 5.26 Å². The summed E-state index contributed by atoms with van der Waals surface area (Å²) in [7, 11) is 0. The van der Waals surface area contributed by atoms with Crippen molar-refractivity contribution in [2.75, 3.05) is 11.5 Å². The maximum absolute atomic E-state index is 9.36. The zero-order valence-electron chi connectivity index (χ0n) is 11.5. The first-order chi connectivity index (χ1) is 9.65. The summed E-state index contributed by atoms with van der Waals surface area (Å²) in [6, 6.07) is 13.4. The molecule has 0 saturated carbocycles. The molecular formula is C16H16N2OS. The normalized spacial score (nSPS) is 10.1. The molecule has 0 aliphatic rings. The fourth-order valence-corrected chi connectivity index (χ4v) is 2.60. The van der Waals surface area contributed by atoms with Gasteiger partial charge in [-0.25, -0.2) is 0 Å². The Morgan fingerprint density at radius 3 is 2.75 bits per heavy atom. The first-order valence-electron chi connectivity index (χ1n) is 6.35. The molecule has 2 N–H and O–H groups in total. The standard InChI is InChI=1S/C16H16N2OS/c1-3-20-16-6-4-5-14(13(16)10-17)19-15-9-12(18)8-7-11(15)2/h4-9H,3,18H2,1-2H3. The first kappa shape index (κ1) is 14.3. The molecule has 3 nitrogen and oxygen atoms in total. The van der Waals surface area contributed by atoms with E-state index < -0.39 is 0 Å². The van der Waals surface area contributed by atoms with Gasteiger partial charge in [-0.1, -0.05) is 19.1 Å². The quantitative estimate of drug-likeness (QED) is 0.669. The maximum Gasteiger partial charge on any atom is 0.146 e. The average molecular weight is 284 g/mol. The second-order valence-electron chi connectivity index (χ2n) is 4.30. The van der Waals surface area contributed by atoms with Gasteiger partial charge < -0.3 is 10.5 Å². The Balaban J connectivity index is 2.41. The highest BCUT2D eigenvalue weighted by Crippen LogP contribution is 2.34. The second kappa shape index (κ2) is 6.36. The molecule has 20 heavy (non-hydrogen) atoms. The molecule has 0 radical (unpaired) electrons. The zero-order chi connectivity index (χ0) is 14.5. The molecule has 0 saturated heterocycles. The number of hydrogen-bond donors (Lipinski definition) is 1. The summed E-state index contributed by atoms with van der Waals surface area (Å²) < 4.78 is 5.88. The van der Waals surface area contributed by atoms with Crippen molar-refractivity contribution in [3.8, 4) is 17.6 Å². The zero-order valence-corrected chi connectivity index (χ0v) is 12.3. The van der Waals surface area contributed by atoms with Crippen molar-refractivity contribution in [3.63, 3.8) is 0 Å². The van der Waals surface area contributed by atoms with Crippen LogP contribution < -0.4 is 10.5 Å². The van der Waals surface area contributed by atoms with Crippen molar-refractivity contribution < 1.29 is 4.74 Å². The molecule has 0 spiro atoms. The van der Waals surface area contributed by atoms with Crippen LogP contribution in [0.2, 0.25) is 0 Å². The molecule has 2 rings (SSSR count). The molecule has 0 atom stereocenters. The number of nitrogens with two attached hydrogens (primary N) is 1. The Bertz CT molecular complexity index is 662. The third kappa shape index (κ3) is 3.06. The topological polar surface area (TPSA) is 59.0 Å². The monoisotopic (exact) mass is 284 g/mol. The molecule has 0 aromatic heterocycles. The largest absolute Gasteiger partial charge is 0.456 e. The highest BCUT2D eigenvalue weighted by Gasteiger charge is 2.11. The molecule has 0 unspecified atom stereocenters. The minimum Gasteiger partial charge on any atom is -0.456 e. The number of aryl methyl sites for hydroxylation is 1. The van der Waals surface area contributed by atoms with Gasteiger partial charge in [-0.05, 0) is 36.4 Å². The van der Waals surface area contributed by atoms with E-state index in [0.29, 0.717) is 22.7 Å². The lowest BCUT2D eigenvalue weighted by Gasteiger charge is -2.12. The first-order valence-corrected chi connectivity index (χ1v) is 7.34. The highest BCUT2D eigenvalue weighted by atomic mass is 32.2. The lowest BCUT2D eigenvalue weighted by Crippen LogP contribution is -1.94. The molecule has 2 aromatic rings. The summed E-state index contributed by atoms with van der Waals surface area (Å²) in [5, 5.41) is 9.36. The van der Waals surface area contributed by atoms with Crippen LogP contribution in [0.15, 0.2) is 41.3 Å². The molecule has 4 heteroatoms. The van der Waals surface area contributed by atoms with E-state index in [1.54, 1.807) is 23.9 Å². The van der Waals surface area contributed by atoms with Crippen molar-refractivity contribution in [1.82, 2.24) is 0 Å². The SMILES string of the molecule is CCSc1cccc(Oc2cc(N)ccc2C)c1C#N. The van der Waals surface area contributed by atoms with E-state index in [9.17, 15) is 5.26 Å². The van der Waals surface area contributed by atoms with E-state index in [4.69, 9.17) is 10.5 Å². The minimum atomic E-state index is 0.569. The van der Waals surface area contributed by atoms with Crippen LogP contribution in [0.1, 0.15) is 18.1 Å². The van der Waals surface area contributed by atoms with Crippen LogP contribution in [0.3, 0.4) is 0 Å². The number of ether oxygens (including phenoxy) is 1. The fourth-order valence-electron chi connectivity index (χ4n) is 1.83. The minimum absolute atomic E-state index is 0.569. The molecular weight excluding hydrogens is 268 g/mol. The Labute approximate surface area is 123 Å². The van der Waals surface area contributed by atoms with E-state index in [0.717, 1.165) is 16.2 Å². The number of hydrogen-bond acceptors (Lipinski definition) is 4. The average Bonchev–Trinajstić information content (AvgIpc) is 2.43. The molecule has 2 aromatic carbocycles. The number of nitriles is 1. The summed E-state index contributed by atoms with van der Waals surface area (Å²) >= 11 is 1.63. The number of thioether (sulfide) groups is 1. The van der Waals surface area contributed by atoms with E-state index in [2.05, 4.69) is 13.0 Å². The summed E-state index contributed by atoms with van der Waals surface area (Å²) in [6.07, 6.45) is 0. The van der Waals surface area contributed by atoms with Crippen molar-refractivity contribution in [2.24, 2.45) is 0 Å². The number of rotatable bonds is 4. The molecule has 0 aliphatic heterocycles. The summed E-state index contributed by atoms with van der Waals surface area (Å²) in [6.45, 7) is 4.01. The molecule has 0 aliphatic carbocycles. The molecule has 0 bridgehead atoms. The fraction of sp³-hybridized carbons (Fsp3) is 0.188. The summed E-state index contributed by atoms with van der Waals surface area (Å²) in [5.41, 5.74) is 7.98. The Kier molecular flexibility index (Phi) is 4.54. The van der Waals surface area contributed by atoms with Gasteiger partial charge in [0.05, 0.1) is 0 Å². The van der Waals surface area contributed by atoms with Crippen LogP contribution >= 0.6 is 11.8 Å². The van der Waals surface area contributed by atoms with Crippen LogP contribution in [0.25, 0.3) is 0 Å². The second-order valence-corrected chi connectivity index (χ2v) is 5.61. The van der Waals surface area contributed by atoms with Crippen LogP contribution in [-0.4, -0.2) is 5.75 Å². The van der Waals surface area contributed by atoms with Crippen molar-refractivity contribution in [1.29, 1.82) is 5.26 Å². The number of nitrogens with zero attached hydrogens (tertiary/aromatic N) is 1. The summed E-state index contributed by atoms with van der Waals surface area (Å²) in [5.74, 6) is 2.16. The highest BCUT2D eigenvalue weighted by molar-refractivity contribution is 7.99. The Morgan fingerprint density at radius 2 is 2.05 bits per heavy atom. The van der Waals surface area contributed by atoms with Gasteiger partial charge in [0.15, 0.2) is 0 Å². The molecule has 0 amide bonds. The Hall–Kier alpha value is -2.12. The smallest absolute Gasteiger partial charge is 0.146 e. The number of nitrogen functional groups attached to an aromatic ring is 1. The molecule has 0 fully saturated rings. The Morgan fingerprint density at radius 1 is 1.25 bits per heavy atom. The third-order valence-electron chi connectivity index (χ3n) is 2.83. The van der Waals surface area contributed by atoms with Crippen molar-refractivity contribution in [3.05, 3.63) is 47.5 Å². The van der Waals surface area contributed by atoms with Gasteiger partial charge in [-0.3, -0.25) is 0 Å². The lowest BCUT2D eigenvalue weighted by atomic mass is 10.2. The predicted molar refractivity (Wildman–Crippen MR) is 83.2 cm³/mol. The van der Waals surface area contributed by atoms with Crippen LogP contribution in [0.5, 0.6) is 11.5 Å². The van der Waals surface area contributed by atoms with E-state index in [1.165, 1.54) is 0 Å². The van der Waals surface area contributed by atoms with Gasteiger partial charge >= 0.3 is 0 Å². The lowest BCUT2D eigenvalue weighted by molar-refractivity contribution is 0.476. The van der Waals surface area contributed by atoms with Crippen LogP contribution in [0, 0.1) is 18.3 Å². The van der Waals surface area contributed by atoms with E-state index >= 15 is 0 Å². The van der Waals surface area contributed by atoms with Gasteiger partial charge in [0, 0.05) is 16.6 Å². The van der Waals surface area contributed by atoms with Gasteiger partial charge in [-0.15, -0.1) is 11.8 Å². The van der Waals surface area contributed by atoms with Gasteiger partial charge in [0.2, 0.25) is 0 Å². The molecule has 0 heterocycles. The van der Waals surface area contributed by atoms with Gasteiger partial charge in [0.25, 0.3) is 0 Å². The van der Waals surface area contributed by atoms with Crippen LogP contribution in [0.4, 0.5) is 5.69 Å². The molecule has 102 valence electrons. The number of benzene rings is 2.